The molecule has 8 nitrogen and oxygen atoms in total. The number of aromatic nitrogens is 3. The summed E-state index contributed by atoms with van der Waals surface area (Å²) >= 11 is 0. The van der Waals surface area contributed by atoms with Crippen molar-refractivity contribution in [1.82, 2.24) is 25.2 Å². The molecule has 1 aliphatic carbocycles. The van der Waals surface area contributed by atoms with Crippen LogP contribution in [0.15, 0.2) is 30.3 Å². The van der Waals surface area contributed by atoms with Gasteiger partial charge in [-0.05, 0) is 56.4 Å². The summed E-state index contributed by atoms with van der Waals surface area (Å²) in [6.45, 7) is 5.06. The number of halogens is 5. The topological polar surface area (TPSA) is 75.6 Å². The molecule has 4 aromatic rings. The number of aryl methyl sites for hydroxylation is 1. The van der Waals surface area contributed by atoms with E-state index < -0.39 is 24.1 Å². The fourth-order valence-electron chi connectivity index (χ4n) is 8.13. The Morgan fingerprint density at radius 2 is 1.90 bits per heavy atom. The van der Waals surface area contributed by atoms with Gasteiger partial charge in [-0.25, -0.2) is 13.8 Å². The summed E-state index contributed by atoms with van der Waals surface area (Å²) in [6, 6.07) is 8.58. The number of nitrogens with one attached hydrogen (secondary N) is 1. The first-order valence-corrected chi connectivity index (χ1v) is 17.7. The summed E-state index contributed by atoms with van der Waals surface area (Å²) in [5.74, 6) is 1.79. The zero-order chi connectivity index (χ0) is 35.5. The highest BCUT2D eigenvalue weighted by atomic mass is 19.4. The Morgan fingerprint density at radius 3 is 2.67 bits per heavy atom. The molecule has 51 heavy (non-hydrogen) atoms. The monoisotopic (exact) mass is 706 g/mol. The Kier molecular flexibility index (Phi) is 8.75. The molecule has 5 heterocycles. The van der Waals surface area contributed by atoms with Crippen LogP contribution in [0.4, 0.5) is 27.8 Å². The first kappa shape index (κ1) is 34.0. The zero-order valence-electron chi connectivity index (χ0n) is 28.3. The van der Waals surface area contributed by atoms with Crippen molar-refractivity contribution in [2.45, 2.75) is 76.4 Å². The molecular weight excluding hydrogens is 667 g/mol. The van der Waals surface area contributed by atoms with Crippen molar-refractivity contribution in [3.05, 3.63) is 53.2 Å². The number of alkyl halides is 3. The van der Waals surface area contributed by atoms with E-state index in [0.717, 1.165) is 38.6 Å². The van der Waals surface area contributed by atoms with Crippen molar-refractivity contribution in [2.75, 3.05) is 44.2 Å². The summed E-state index contributed by atoms with van der Waals surface area (Å²) in [7, 11) is 0. The van der Waals surface area contributed by atoms with Crippen LogP contribution in [0.5, 0.6) is 6.01 Å². The second-order valence-corrected chi connectivity index (χ2v) is 14.5. The molecule has 0 spiro atoms. The van der Waals surface area contributed by atoms with Crippen LogP contribution in [0.2, 0.25) is 0 Å². The minimum atomic E-state index is -4.66. The predicted octanol–water partition coefficient (Wildman–Crippen LogP) is 6.77. The van der Waals surface area contributed by atoms with Gasteiger partial charge in [-0.3, -0.25) is 9.64 Å². The number of likely N-dealkylation sites (tertiary alicyclic amines) is 1. The third kappa shape index (κ3) is 6.58. The van der Waals surface area contributed by atoms with E-state index in [0.29, 0.717) is 65.7 Å². The average Bonchev–Trinajstić information content (AvgIpc) is 3.74. The minimum Gasteiger partial charge on any atom is -0.463 e. The quantitative estimate of drug-likeness (QED) is 0.159. The molecule has 1 saturated carbocycles. The number of hydrogen-bond acceptors (Lipinski definition) is 8. The van der Waals surface area contributed by atoms with Crippen molar-refractivity contribution < 1.29 is 31.4 Å². The van der Waals surface area contributed by atoms with Crippen molar-refractivity contribution >= 4 is 27.5 Å². The van der Waals surface area contributed by atoms with E-state index in [1.54, 1.807) is 24.3 Å². The Hall–Kier alpha value is -4.12. The van der Waals surface area contributed by atoms with E-state index in [9.17, 15) is 17.6 Å². The lowest BCUT2D eigenvalue weighted by Gasteiger charge is -2.42. The second-order valence-electron chi connectivity index (χ2n) is 14.5. The first-order valence-electron chi connectivity index (χ1n) is 17.7. The molecule has 8 rings (SSSR count). The lowest BCUT2D eigenvalue weighted by atomic mass is 9.94. The third-order valence-corrected chi connectivity index (χ3v) is 11.0. The first-order chi connectivity index (χ1) is 24.5. The summed E-state index contributed by atoms with van der Waals surface area (Å²) < 4.78 is 81.2. The highest BCUT2D eigenvalue weighted by Gasteiger charge is 2.47. The van der Waals surface area contributed by atoms with Gasteiger partial charge in [-0.1, -0.05) is 37.1 Å². The van der Waals surface area contributed by atoms with Crippen LogP contribution in [0.25, 0.3) is 32.9 Å². The standard InChI is InChI=1S/C38H39F5N6O2/c1-3-23-18-49-24(17-44-23)8-6-10-29-31-34(32(40)33(45-29)27-9-5-7-22-11-12-28(39)26(4-2)30(22)27)46-36(47-35(31)49)50-21-37(14-15-37)20-48-16-13-25(19-48)51-38(41,42)43/h2,5,7,9,11-12,23-25,44H,3,6,8,10,13-21H2,1H3/t23-,24-,25+/m1/s1. The Labute approximate surface area is 292 Å². The number of ether oxygens (including phenoxy) is 2. The normalized spacial score (nSPS) is 23.2. The molecule has 2 saturated heterocycles. The van der Waals surface area contributed by atoms with Crippen LogP contribution < -0.4 is 15.0 Å². The van der Waals surface area contributed by atoms with Gasteiger partial charge in [0.1, 0.15) is 22.8 Å². The molecule has 0 amide bonds. The van der Waals surface area contributed by atoms with Crippen molar-refractivity contribution in [1.29, 1.82) is 0 Å². The number of benzene rings is 2. The second kappa shape index (κ2) is 13.1. The van der Waals surface area contributed by atoms with Crippen LogP contribution in [0.3, 0.4) is 0 Å². The molecule has 0 unspecified atom stereocenters. The number of nitrogens with zero attached hydrogens (tertiary/aromatic N) is 5. The molecule has 4 aliphatic rings. The average molecular weight is 707 g/mol. The Balaban J connectivity index is 1.20. The van der Waals surface area contributed by atoms with Gasteiger partial charge in [0.2, 0.25) is 0 Å². The fraction of sp³-hybridized carbons (Fsp3) is 0.500. The van der Waals surface area contributed by atoms with Crippen LogP contribution in [-0.4, -0.2) is 83.7 Å². The highest BCUT2D eigenvalue weighted by molar-refractivity contribution is 6.02. The summed E-state index contributed by atoms with van der Waals surface area (Å²) in [5, 5.41) is 5.25. The number of hydrogen-bond donors (Lipinski definition) is 1. The lowest BCUT2D eigenvalue weighted by molar-refractivity contribution is -0.340. The van der Waals surface area contributed by atoms with Gasteiger partial charge < -0.3 is 15.0 Å². The number of anilines is 1. The number of terminal acetylenes is 1. The molecule has 268 valence electrons. The molecule has 2 aromatic heterocycles. The van der Waals surface area contributed by atoms with Crippen LogP contribution >= 0.6 is 0 Å². The lowest BCUT2D eigenvalue weighted by Crippen LogP contribution is -2.57. The van der Waals surface area contributed by atoms with Crippen molar-refractivity contribution in [2.24, 2.45) is 5.41 Å². The van der Waals surface area contributed by atoms with Gasteiger partial charge in [0.25, 0.3) is 0 Å². The maximum absolute atomic E-state index is 17.1. The molecule has 3 aliphatic heterocycles. The van der Waals surface area contributed by atoms with Gasteiger partial charge in [0, 0.05) is 61.2 Å². The molecule has 3 fully saturated rings. The van der Waals surface area contributed by atoms with Crippen LogP contribution in [0.1, 0.15) is 56.7 Å². The SMILES string of the molecule is C#Cc1c(F)ccc2cccc(-c3nc4c5c(nc(OCC6(CN7CC[C@H](OC(F)(F)F)C7)CC6)nc5c3F)N3C[C@@H](CC)NC[C@H]3CCC4)c12. The van der Waals surface area contributed by atoms with E-state index in [1.807, 2.05) is 4.90 Å². The molecule has 3 atom stereocenters. The van der Waals surface area contributed by atoms with Crippen molar-refractivity contribution in [3.8, 4) is 29.6 Å². The van der Waals surface area contributed by atoms with Gasteiger partial charge in [0.05, 0.1) is 29.4 Å². The highest BCUT2D eigenvalue weighted by Crippen LogP contribution is 2.47. The number of pyridine rings is 1. The molecule has 0 bridgehead atoms. The Bertz CT molecular complexity index is 2030. The van der Waals surface area contributed by atoms with Crippen LogP contribution in [-0.2, 0) is 11.2 Å². The molecule has 2 aromatic carbocycles. The maximum atomic E-state index is 17.1. The Morgan fingerprint density at radius 1 is 1.06 bits per heavy atom. The van der Waals surface area contributed by atoms with Crippen molar-refractivity contribution in [3.63, 3.8) is 0 Å². The van der Waals surface area contributed by atoms with Gasteiger partial charge in [-0.15, -0.1) is 19.6 Å². The van der Waals surface area contributed by atoms with E-state index in [4.69, 9.17) is 26.1 Å². The fourth-order valence-corrected chi connectivity index (χ4v) is 8.13. The van der Waals surface area contributed by atoms with E-state index in [1.165, 1.54) is 6.07 Å². The number of fused-ring (bicyclic) bond motifs is 3. The molecular formula is C38H39F5N6O2. The summed E-state index contributed by atoms with van der Waals surface area (Å²) in [5.41, 5.74) is 0.919. The molecule has 0 radical (unpaired) electrons. The predicted molar refractivity (Wildman–Crippen MR) is 183 cm³/mol. The smallest absolute Gasteiger partial charge is 0.463 e. The van der Waals surface area contributed by atoms with E-state index >= 15 is 4.39 Å². The minimum absolute atomic E-state index is 0.0321. The number of piperazine rings is 1. The van der Waals surface area contributed by atoms with E-state index in [-0.39, 0.29) is 53.4 Å². The van der Waals surface area contributed by atoms with Gasteiger partial charge in [0.15, 0.2) is 5.82 Å². The number of rotatable bonds is 8. The summed E-state index contributed by atoms with van der Waals surface area (Å²) in [6.07, 6.45) is 5.38. The zero-order valence-corrected chi connectivity index (χ0v) is 28.3. The van der Waals surface area contributed by atoms with Crippen LogP contribution in [0, 0.1) is 29.4 Å². The van der Waals surface area contributed by atoms with Gasteiger partial charge >= 0.3 is 12.4 Å². The maximum Gasteiger partial charge on any atom is 0.522 e. The summed E-state index contributed by atoms with van der Waals surface area (Å²) in [4.78, 5) is 18.8. The van der Waals surface area contributed by atoms with E-state index in [2.05, 4.69) is 27.8 Å². The molecule has 13 heteroatoms. The molecule has 1 N–H and O–H groups in total. The van der Waals surface area contributed by atoms with Gasteiger partial charge in [-0.2, -0.15) is 9.97 Å². The third-order valence-electron chi connectivity index (χ3n) is 11.0. The largest absolute Gasteiger partial charge is 0.522 e.